The highest BCUT2D eigenvalue weighted by atomic mass is 35.5. The van der Waals surface area contributed by atoms with E-state index in [0.717, 1.165) is 31.6 Å². The third-order valence-corrected chi connectivity index (χ3v) is 4.08. The molecule has 1 saturated heterocycles. The van der Waals surface area contributed by atoms with Crippen molar-refractivity contribution in [2.24, 2.45) is 0 Å². The van der Waals surface area contributed by atoms with E-state index >= 15 is 0 Å². The second-order valence-corrected chi connectivity index (χ2v) is 5.34. The Balaban J connectivity index is 0.00000132. The summed E-state index contributed by atoms with van der Waals surface area (Å²) in [6, 6.07) is 10.4. The topological polar surface area (TPSA) is 50.2 Å². The van der Waals surface area contributed by atoms with E-state index in [2.05, 4.69) is 10.3 Å². The molecule has 1 aliphatic heterocycles. The van der Waals surface area contributed by atoms with Crippen molar-refractivity contribution in [3.05, 3.63) is 48.5 Å². The Morgan fingerprint density at radius 2 is 1.83 bits per heavy atom. The molecule has 0 spiro atoms. The third kappa shape index (κ3) is 4.25. The Kier molecular flexibility index (Phi) is 7.55. The number of aromatic nitrogens is 2. The van der Waals surface area contributed by atoms with E-state index in [-0.39, 0.29) is 30.7 Å². The smallest absolute Gasteiger partial charge is 0.272 e. The van der Waals surface area contributed by atoms with Crippen LogP contribution < -0.4 is 5.32 Å². The van der Waals surface area contributed by atoms with Crippen LogP contribution in [0.5, 0.6) is 0 Å². The summed E-state index contributed by atoms with van der Waals surface area (Å²) in [5.41, 5.74) is 1.59. The van der Waals surface area contributed by atoms with E-state index in [9.17, 15) is 4.79 Å². The van der Waals surface area contributed by atoms with Crippen LogP contribution in [-0.2, 0) is 0 Å². The highest BCUT2D eigenvalue weighted by molar-refractivity contribution is 5.93. The zero-order valence-corrected chi connectivity index (χ0v) is 14.6. The number of imidazole rings is 1. The van der Waals surface area contributed by atoms with Gasteiger partial charge in [0.1, 0.15) is 5.69 Å². The van der Waals surface area contributed by atoms with Crippen molar-refractivity contribution in [2.45, 2.75) is 18.9 Å². The lowest BCUT2D eigenvalue weighted by molar-refractivity contribution is 0.0699. The third-order valence-electron chi connectivity index (χ3n) is 4.08. The number of benzene rings is 1. The van der Waals surface area contributed by atoms with Gasteiger partial charge in [-0.3, -0.25) is 9.36 Å². The van der Waals surface area contributed by atoms with Gasteiger partial charge in [0.25, 0.3) is 5.91 Å². The summed E-state index contributed by atoms with van der Waals surface area (Å²) in [4.78, 5) is 18.8. The molecule has 2 aromatic rings. The highest BCUT2D eigenvalue weighted by Crippen LogP contribution is 2.16. The minimum absolute atomic E-state index is 0. The first kappa shape index (κ1) is 19.5. The van der Waals surface area contributed by atoms with E-state index in [1.165, 1.54) is 0 Å². The van der Waals surface area contributed by atoms with Gasteiger partial charge in [0.15, 0.2) is 0 Å². The van der Waals surface area contributed by atoms with Crippen LogP contribution in [0.15, 0.2) is 42.9 Å². The predicted molar refractivity (Wildman–Crippen MR) is 96.0 cm³/mol. The molecule has 1 amide bonds. The Hall–Kier alpha value is -1.56. The van der Waals surface area contributed by atoms with E-state index < -0.39 is 0 Å². The van der Waals surface area contributed by atoms with Crippen molar-refractivity contribution >= 4 is 30.7 Å². The number of para-hydroxylation sites is 1. The molecule has 1 aromatic carbocycles. The molecule has 1 aromatic heterocycles. The number of rotatable bonds is 3. The van der Waals surface area contributed by atoms with Crippen molar-refractivity contribution in [3.63, 3.8) is 0 Å². The number of nitrogens with zero attached hydrogens (tertiary/aromatic N) is 3. The molecule has 126 valence electrons. The SMILES string of the molecule is CNC1CCN(C(=O)c2cncn2-c2ccccc2)CC1.Cl.Cl. The number of halogens is 2. The van der Waals surface area contributed by atoms with E-state index in [4.69, 9.17) is 0 Å². The fraction of sp³-hybridized carbons (Fsp3) is 0.375. The van der Waals surface area contributed by atoms with E-state index in [0.29, 0.717) is 11.7 Å². The number of carbonyl (C=O) groups excluding carboxylic acids is 1. The lowest BCUT2D eigenvalue weighted by atomic mass is 10.1. The molecule has 0 aliphatic carbocycles. The first-order valence-electron chi connectivity index (χ1n) is 7.34. The molecule has 23 heavy (non-hydrogen) atoms. The molecule has 2 heterocycles. The first-order valence-corrected chi connectivity index (χ1v) is 7.34. The maximum atomic E-state index is 12.7. The van der Waals surface area contributed by atoms with Crippen LogP contribution in [0.3, 0.4) is 0 Å². The van der Waals surface area contributed by atoms with Crippen LogP contribution in [0, 0.1) is 0 Å². The van der Waals surface area contributed by atoms with Crippen LogP contribution in [0.1, 0.15) is 23.3 Å². The molecule has 0 saturated carbocycles. The number of piperidine rings is 1. The maximum absolute atomic E-state index is 12.7. The lowest BCUT2D eigenvalue weighted by Crippen LogP contribution is -2.44. The lowest BCUT2D eigenvalue weighted by Gasteiger charge is -2.31. The molecule has 7 heteroatoms. The summed E-state index contributed by atoms with van der Waals surface area (Å²) in [5.74, 6) is 0.0610. The summed E-state index contributed by atoms with van der Waals surface area (Å²) in [6.07, 6.45) is 5.35. The number of hydrogen-bond acceptors (Lipinski definition) is 3. The average molecular weight is 357 g/mol. The van der Waals surface area contributed by atoms with E-state index in [1.54, 1.807) is 12.5 Å². The molecule has 3 rings (SSSR count). The molecule has 1 fully saturated rings. The number of nitrogens with one attached hydrogen (secondary N) is 1. The molecule has 5 nitrogen and oxygen atoms in total. The molecule has 0 unspecified atom stereocenters. The summed E-state index contributed by atoms with van der Waals surface area (Å²) in [7, 11) is 1.98. The van der Waals surface area contributed by atoms with Crippen LogP contribution >= 0.6 is 24.8 Å². The number of amides is 1. The monoisotopic (exact) mass is 356 g/mol. The first-order chi connectivity index (χ1) is 10.3. The van der Waals surface area contributed by atoms with Crippen molar-refractivity contribution < 1.29 is 4.79 Å². The average Bonchev–Trinajstić information content (AvgIpc) is 3.04. The minimum atomic E-state index is 0. The predicted octanol–water partition coefficient (Wildman–Crippen LogP) is 2.54. The van der Waals surface area contributed by atoms with Gasteiger partial charge in [-0.25, -0.2) is 4.98 Å². The van der Waals surface area contributed by atoms with Crippen molar-refractivity contribution in [1.29, 1.82) is 0 Å². The van der Waals surface area contributed by atoms with Crippen LogP contribution in [0.4, 0.5) is 0 Å². The quantitative estimate of drug-likeness (QED) is 0.919. The van der Waals surface area contributed by atoms with Crippen LogP contribution in [-0.4, -0.2) is 46.5 Å². The van der Waals surface area contributed by atoms with E-state index in [1.807, 2.05) is 46.8 Å². The van der Waals surface area contributed by atoms with Crippen LogP contribution in [0.25, 0.3) is 5.69 Å². The number of likely N-dealkylation sites (tertiary alicyclic amines) is 1. The molecule has 1 N–H and O–H groups in total. The van der Waals surface area contributed by atoms with Crippen molar-refractivity contribution in [1.82, 2.24) is 19.8 Å². The second kappa shape index (κ2) is 8.91. The molecule has 0 atom stereocenters. The Morgan fingerprint density at radius 3 is 2.43 bits per heavy atom. The van der Waals surface area contributed by atoms with Gasteiger partial charge in [0.2, 0.25) is 0 Å². The fourth-order valence-electron chi connectivity index (χ4n) is 2.78. The molecular formula is C16H22Cl2N4O. The van der Waals surface area contributed by atoms with Gasteiger partial charge in [-0.05, 0) is 32.0 Å². The van der Waals surface area contributed by atoms with Crippen LogP contribution in [0.2, 0.25) is 0 Å². The Labute approximate surface area is 148 Å². The Morgan fingerprint density at radius 1 is 1.17 bits per heavy atom. The van der Waals surface area contributed by atoms with Gasteiger partial charge >= 0.3 is 0 Å². The standard InChI is InChI=1S/C16H20N4O.2ClH/c1-17-13-7-9-19(10-8-13)16(21)15-11-18-12-20(15)14-5-3-2-4-6-14;;/h2-6,11-13,17H,7-10H2,1H3;2*1H. The fourth-order valence-corrected chi connectivity index (χ4v) is 2.78. The van der Waals surface area contributed by atoms with Crippen molar-refractivity contribution in [2.75, 3.05) is 20.1 Å². The van der Waals surface area contributed by atoms with Crippen molar-refractivity contribution in [3.8, 4) is 5.69 Å². The van der Waals surface area contributed by atoms with Gasteiger partial charge < -0.3 is 10.2 Å². The summed E-state index contributed by atoms with van der Waals surface area (Å²) in [5, 5.41) is 3.28. The van der Waals surface area contributed by atoms with Gasteiger partial charge in [0.05, 0.1) is 12.5 Å². The number of hydrogen-bond donors (Lipinski definition) is 1. The minimum Gasteiger partial charge on any atom is -0.337 e. The largest absolute Gasteiger partial charge is 0.337 e. The summed E-state index contributed by atoms with van der Waals surface area (Å²) >= 11 is 0. The van der Waals surface area contributed by atoms with Gasteiger partial charge in [-0.2, -0.15) is 0 Å². The number of carbonyl (C=O) groups is 1. The normalized spacial score (nSPS) is 14.7. The highest BCUT2D eigenvalue weighted by Gasteiger charge is 2.25. The molecule has 0 bridgehead atoms. The zero-order valence-electron chi connectivity index (χ0n) is 13.0. The van der Waals surface area contributed by atoms with Gasteiger partial charge in [0, 0.05) is 24.8 Å². The zero-order chi connectivity index (χ0) is 14.7. The molecule has 0 radical (unpaired) electrons. The Bertz CT molecular complexity index is 610. The second-order valence-electron chi connectivity index (χ2n) is 5.34. The van der Waals surface area contributed by atoms with Gasteiger partial charge in [-0.1, -0.05) is 18.2 Å². The summed E-state index contributed by atoms with van der Waals surface area (Å²) in [6.45, 7) is 1.59. The maximum Gasteiger partial charge on any atom is 0.272 e. The summed E-state index contributed by atoms with van der Waals surface area (Å²) < 4.78 is 1.85. The van der Waals surface area contributed by atoms with Gasteiger partial charge in [-0.15, -0.1) is 24.8 Å². The molecular weight excluding hydrogens is 335 g/mol. The molecule has 1 aliphatic rings.